The quantitative estimate of drug-likeness (QED) is 0.774. The Hall–Kier alpha value is -1.50. The number of hydrogen-bond donors (Lipinski definition) is 0. The van der Waals surface area contributed by atoms with Gasteiger partial charge in [0.25, 0.3) is 0 Å². The van der Waals surface area contributed by atoms with Gasteiger partial charge < -0.3 is 9.80 Å². The highest BCUT2D eigenvalue weighted by atomic mass is 16.2. The van der Waals surface area contributed by atoms with E-state index in [1.165, 1.54) is 31.4 Å². The summed E-state index contributed by atoms with van der Waals surface area (Å²) in [7, 11) is 2.16. The summed E-state index contributed by atoms with van der Waals surface area (Å²) in [5.74, 6) is 0.627. The van der Waals surface area contributed by atoms with E-state index in [4.69, 9.17) is 0 Å². The monoisotopic (exact) mass is 399 g/mol. The fourth-order valence-corrected chi connectivity index (χ4v) is 5.25. The van der Waals surface area contributed by atoms with E-state index in [2.05, 4.69) is 43.8 Å². The Morgan fingerprint density at radius 1 is 0.966 bits per heavy atom. The van der Waals surface area contributed by atoms with Crippen LogP contribution in [0.25, 0.3) is 0 Å². The zero-order valence-corrected chi connectivity index (χ0v) is 18.0. The van der Waals surface area contributed by atoms with Gasteiger partial charge in [0.15, 0.2) is 0 Å². The summed E-state index contributed by atoms with van der Waals surface area (Å²) in [5.41, 5.74) is 1.35. The van der Waals surface area contributed by atoms with E-state index in [9.17, 15) is 4.79 Å². The van der Waals surface area contributed by atoms with Crippen LogP contribution in [0.4, 0.5) is 0 Å². The SMILES string of the molecule is CN1CCCN(C(=O)C2CCCN(C3CCN(Cc4ccncc4)CC3)C2)CC1. The van der Waals surface area contributed by atoms with Crippen molar-refractivity contribution in [3.63, 3.8) is 0 Å². The molecule has 3 saturated heterocycles. The zero-order chi connectivity index (χ0) is 20.1. The number of amides is 1. The van der Waals surface area contributed by atoms with E-state index in [1.807, 2.05) is 12.4 Å². The molecule has 0 aliphatic carbocycles. The first-order valence-corrected chi connectivity index (χ1v) is 11.5. The van der Waals surface area contributed by atoms with E-state index in [-0.39, 0.29) is 5.92 Å². The van der Waals surface area contributed by atoms with Crippen molar-refractivity contribution in [1.82, 2.24) is 24.6 Å². The van der Waals surface area contributed by atoms with E-state index >= 15 is 0 Å². The molecule has 3 fully saturated rings. The molecule has 0 saturated carbocycles. The average molecular weight is 400 g/mol. The zero-order valence-electron chi connectivity index (χ0n) is 18.0. The third-order valence-corrected chi connectivity index (χ3v) is 7.06. The minimum absolute atomic E-state index is 0.210. The van der Waals surface area contributed by atoms with Crippen LogP contribution in [0, 0.1) is 5.92 Å². The average Bonchev–Trinajstić information content (AvgIpc) is 2.99. The molecule has 1 unspecified atom stereocenters. The van der Waals surface area contributed by atoms with Crippen LogP contribution >= 0.6 is 0 Å². The predicted octanol–water partition coefficient (Wildman–Crippen LogP) is 1.92. The maximum atomic E-state index is 13.2. The maximum absolute atomic E-state index is 13.2. The van der Waals surface area contributed by atoms with Crippen LogP contribution in [-0.2, 0) is 11.3 Å². The number of pyridine rings is 1. The Bertz CT molecular complexity index is 646. The van der Waals surface area contributed by atoms with Crippen molar-refractivity contribution in [1.29, 1.82) is 0 Å². The molecule has 0 spiro atoms. The third kappa shape index (κ3) is 5.56. The van der Waals surface area contributed by atoms with Crippen LogP contribution in [-0.4, -0.2) is 95.9 Å². The van der Waals surface area contributed by atoms with Gasteiger partial charge in [0, 0.05) is 51.2 Å². The number of hydrogen-bond acceptors (Lipinski definition) is 5. The summed E-state index contributed by atoms with van der Waals surface area (Å²) in [6, 6.07) is 4.88. The summed E-state index contributed by atoms with van der Waals surface area (Å²) < 4.78 is 0. The Balaban J connectivity index is 1.26. The number of rotatable bonds is 4. The lowest BCUT2D eigenvalue weighted by molar-refractivity contribution is -0.137. The smallest absolute Gasteiger partial charge is 0.227 e. The van der Waals surface area contributed by atoms with E-state index in [0.717, 1.165) is 65.2 Å². The molecule has 3 aliphatic rings. The van der Waals surface area contributed by atoms with Crippen molar-refractivity contribution in [3.8, 4) is 0 Å². The first kappa shape index (κ1) is 20.8. The van der Waals surface area contributed by atoms with Crippen LogP contribution < -0.4 is 0 Å². The Labute approximate surface area is 175 Å². The summed E-state index contributed by atoms with van der Waals surface area (Å²) >= 11 is 0. The molecule has 160 valence electrons. The van der Waals surface area contributed by atoms with Gasteiger partial charge in [-0.15, -0.1) is 0 Å². The molecule has 0 N–H and O–H groups in total. The number of carbonyl (C=O) groups excluding carboxylic acids is 1. The van der Waals surface area contributed by atoms with Crippen molar-refractivity contribution in [3.05, 3.63) is 30.1 Å². The van der Waals surface area contributed by atoms with Gasteiger partial charge in [-0.2, -0.15) is 0 Å². The van der Waals surface area contributed by atoms with Crippen molar-refractivity contribution >= 4 is 5.91 Å². The minimum Gasteiger partial charge on any atom is -0.341 e. The molecular weight excluding hydrogens is 362 g/mol. The van der Waals surface area contributed by atoms with E-state index in [0.29, 0.717) is 11.9 Å². The molecule has 1 aromatic heterocycles. The highest BCUT2D eigenvalue weighted by molar-refractivity contribution is 5.79. The van der Waals surface area contributed by atoms with E-state index < -0.39 is 0 Å². The predicted molar refractivity (Wildman–Crippen MR) is 116 cm³/mol. The Morgan fingerprint density at radius 3 is 2.55 bits per heavy atom. The fraction of sp³-hybridized carbons (Fsp3) is 0.739. The molecule has 6 heteroatoms. The molecule has 0 aromatic carbocycles. The molecule has 4 rings (SSSR count). The largest absolute Gasteiger partial charge is 0.341 e. The first-order chi connectivity index (χ1) is 14.2. The van der Waals surface area contributed by atoms with Crippen LogP contribution in [0.3, 0.4) is 0 Å². The fourth-order valence-electron chi connectivity index (χ4n) is 5.25. The second kappa shape index (κ2) is 10.0. The van der Waals surface area contributed by atoms with Gasteiger partial charge >= 0.3 is 0 Å². The van der Waals surface area contributed by atoms with Crippen molar-refractivity contribution in [2.45, 2.75) is 44.7 Å². The number of likely N-dealkylation sites (tertiary alicyclic amines) is 2. The molecule has 6 nitrogen and oxygen atoms in total. The molecular formula is C23H37N5O. The van der Waals surface area contributed by atoms with E-state index in [1.54, 1.807) is 0 Å². The molecule has 4 heterocycles. The molecule has 29 heavy (non-hydrogen) atoms. The van der Waals surface area contributed by atoms with Gasteiger partial charge in [0.05, 0.1) is 5.92 Å². The first-order valence-electron chi connectivity index (χ1n) is 11.5. The minimum atomic E-state index is 0.210. The van der Waals surface area contributed by atoms with Crippen molar-refractivity contribution in [2.24, 2.45) is 5.92 Å². The lowest BCUT2D eigenvalue weighted by atomic mass is 9.92. The summed E-state index contributed by atoms with van der Waals surface area (Å²) in [6.45, 7) is 9.44. The maximum Gasteiger partial charge on any atom is 0.227 e. The lowest BCUT2D eigenvalue weighted by Crippen LogP contribution is -2.51. The highest BCUT2D eigenvalue weighted by Crippen LogP contribution is 2.26. The van der Waals surface area contributed by atoms with Crippen LogP contribution in [0.2, 0.25) is 0 Å². The number of piperidine rings is 2. The normalized spacial score (nSPS) is 26.4. The second-order valence-electron chi connectivity index (χ2n) is 9.18. The highest BCUT2D eigenvalue weighted by Gasteiger charge is 2.33. The number of nitrogens with zero attached hydrogens (tertiary/aromatic N) is 5. The van der Waals surface area contributed by atoms with Crippen molar-refractivity contribution < 1.29 is 4.79 Å². The number of likely N-dealkylation sites (N-methyl/N-ethyl adjacent to an activating group) is 1. The summed E-state index contributed by atoms with van der Waals surface area (Å²) in [6.07, 6.45) is 9.56. The van der Waals surface area contributed by atoms with Gasteiger partial charge in [-0.25, -0.2) is 0 Å². The summed E-state index contributed by atoms with van der Waals surface area (Å²) in [4.78, 5) is 27.0. The molecule has 0 radical (unpaired) electrons. The number of carbonyl (C=O) groups is 1. The standard InChI is InChI=1S/C23H37N5O/c1-25-11-3-13-27(17-16-25)23(29)21-4-2-12-28(19-21)22-7-14-26(15-8-22)18-20-5-9-24-10-6-20/h5-6,9-10,21-22H,2-4,7-8,11-19H2,1H3. The molecule has 0 bridgehead atoms. The molecule has 1 atom stereocenters. The van der Waals surface area contributed by atoms with Gasteiger partial charge in [-0.3, -0.25) is 19.6 Å². The molecule has 1 aromatic rings. The van der Waals surface area contributed by atoms with Gasteiger partial charge in [0.2, 0.25) is 5.91 Å². The molecule has 1 amide bonds. The van der Waals surface area contributed by atoms with Crippen LogP contribution in [0.15, 0.2) is 24.5 Å². The lowest BCUT2D eigenvalue weighted by Gasteiger charge is -2.42. The third-order valence-electron chi connectivity index (χ3n) is 7.06. The summed E-state index contributed by atoms with van der Waals surface area (Å²) in [5, 5.41) is 0. The second-order valence-corrected chi connectivity index (χ2v) is 9.18. The van der Waals surface area contributed by atoms with Gasteiger partial charge in [0.1, 0.15) is 0 Å². The van der Waals surface area contributed by atoms with Crippen LogP contribution in [0.1, 0.15) is 37.7 Å². The Morgan fingerprint density at radius 2 is 1.76 bits per heavy atom. The van der Waals surface area contributed by atoms with Crippen LogP contribution in [0.5, 0.6) is 0 Å². The molecule has 3 aliphatic heterocycles. The van der Waals surface area contributed by atoms with Crippen molar-refractivity contribution in [2.75, 3.05) is 59.4 Å². The van der Waals surface area contributed by atoms with Gasteiger partial charge in [-0.1, -0.05) is 0 Å². The number of aromatic nitrogens is 1. The van der Waals surface area contributed by atoms with Gasteiger partial charge in [-0.05, 0) is 83.0 Å². The topological polar surface area (TPSA) is 42.9 Å². The Kier molecular flexibility index (Phi) is 7.16.